The number of ether oxygens (including phenoxy) is 2. The quantitative estimate of drug-likeness (QED) is 0.552. The van der Waals surface area contributed by atoms with Crippen molar-refractivity contribution in [2.24, 2.45) is 0 Å². The topological polar surface area (TPSA) is 18.5 Å². The molecule has 0 aromatic heterocycles. The van der Waals surface area contributed by atoms with Crippen LogP contribution in [0.15, 0.2) is 35.9 Å². The molecule has 1 rings (SSSR count). The smallest absolute Gasteiger partial charge is 0.118 e. The molecule has 0 saturated heterocycles. The number of terminal acetylenes is 1. The standard InChI is InChI=1S/C15H18O2/c1-4-13(2)6-5-11-17-12-14-7-9-15(16-3)10-8-14/h1,6-10H,5,11-12H2,2-3H3/b13-6+. The van der Waals surface area contributed by atoms with Gasteiger partial charge in [0.2, 0.25) is 0 Å². The van der Waals surface area contributed by atoms with Gasteiger partial charge in [0.25, 0.3) is 0 Å². The molecule has 0 bridgehead atoms. The Labute approximate surface area is 103 Å². The van der Waals surface area contributed by atoms with Gasteiger partial charge in [-0.3, -0.25) is 0 Å². The van der Waals surface area contributed by atoms with Crippen molar-refractivity contribution in [3.8, 4) is 18.1 Å². The Hall–Kier alpha value is -1.72. The molecule has 1 aromatic carbocycles. The van der Waals surface area contributed by atoms with Gasteiger partial charge in [-0.1, -0.05) is 24.1 Å². The SMILES string of the molecule is C#C/C(C)=C/CCOCc1ccc(OC)cc1. The number of methoxy groups -OCH3 is 1. The van der Waals surface area contributed by atoms with E-state index < -0.39 is 0 Å². The van der Waals surface area contributed by atoms with Crippen LogP contribution < -0.4 is 4.74 Å². The summed E-state index contributed by atoms with van der Waals surface area (Å²) in [5.74, 6) is 3.44. The fraction of sp³-hybridized carbons (Fsp3) is 0.333. The van der Waals surface area contributed by atoms with Crippen molar-refractivity contribution in [2.45, 2.75) is 20.0 Å². The molecule has 0 radical (unpaired) electrons. The van der Waals surface area contributed by atoms with E-state index in [-0.39, 0.29) is 0 Å². The van der Waals surface area contributed by atoms with Crippen molar-refractivity contribution in [3.05, 3.63) is 41.5 Å². The minimum atomic E-state index is 0.618. The lowest BCUT2D eigenvalue weighted by Gasteiger charge is -2.04. The predicted molar refractivity (Wildman–Crippen MR) is 69.9 cm³/mol. The second kappa shape index (κ2) is 7.54. The molecular weight excluding hydrogens is 212 g/mol. The Kier molecular flexibility index (Phi) is 5.92. The molecule has 0 aliphatic carbocycles. The van der Waals surface area contributed by atoms with Crippen LogP contribution in [-0.2, 0) is 11.3 Å². The number of rotatable bonds is 6. The Bertz CT molecular complexity index is 396. The zero-order valence-corrected chi connectivity index (χ0v) is 10.4. The Morgan fingerprint density at radius 3 is 2.65 bits per heavy atom. The summed E-state index contributed by atoms with van der Waals surface area (Å²) < 4.78 is 10.6. The first-order valence-corrected chi connectivity index (χ1v) is 5.60. The van der Waals surface area contributed by atoms with E-state index in [4.69, 9.17) is 15.9 Å². The van der Waals surface area contributed by atoms with Crippen molar-refractivity contribution in [1.82, 2.24) is 0 Å². The second-order valence-corrected chi connectivity index (χ2v) is 3.72. The third kappa shape index (κ3) is 5.24. The summed E-state index contributed by atoms with van der Waals surface area (Å²) in [4.78, 5) is 0. The Balaban J connectivity index is 2.25. The lowest BCUT2D eigenvalue weighted by Crippen LogP contribution is -1.94. The summed E-state index contributed by atoms with van der Waals surface area (Å²) >= 11 is 0. The largest absolute Gasteiger partial charge is 0.497 e. The van der Waals surface area contributed by atoms with E-state index in [1.54, 1.807) is 7.11 Å². The van der Waals surface area contributed by atoms with E-state index in [2.05, 4.69) is 5.92 Å². The summed E-state index contributed by atoms with van der Waals surface area (Å²) in [5.41, 5.74) is 2.10. The number of benzene rings is 1. The second-order valence-electron chi connectivity index (χ2n) is 3.72. The molecule has 0 amide bonds. The zero-order chi connectivity index (χ0) is 12.5. The fourth-order valence-electron chi connectivity index (χ4n) is 1.33. The highest BCUT2D eigenvalue weighted by Gasteiger charge is 1.94. The van der Waals surface area contributed by atoms with Gasteiger partial charge >= 0.3 is 0 Å². The summed E-state index contributed by atoms with van der Waals surface area (Å²) in [6, 6.07) is 7.87. The predicted octanol–water partition coefficient (Wildman–Crippen LogP) is 3.18. The first kappa shape index (κ1) is 13.3. The third-order valence-electron chi connectivity index (χ3n) is 2.37. The van der Waals surface area contributed by atoms with Crippen LogP contribution in [0.2, 0.25) is 0 Å². The normalized spacial score (nSPS) is 11.0. The number of hydrogen-bond donors (Lipinski definition) is 0. The molecule has 90 valence electrons. The van der Waals surface area contributed by atoms with E-state index in [0.717, 1.165) is 23.3 Å². The molecule has 0 heterocycles. The number of allylic oxidation sites excluding steroid dienone is 1. The molecule has 0 aliphatic rings. The molecule has 2 nitrogen and oxygen atoms in total. The Morgan fingerprint density at radius 2 is 2.06 bits per heavy atom. The molecule has 0 saturated carbocycles. The molecule has 0 spiro atoms. The summed E-state index contributed by atoms with van der Waals surface area (Å²) in [5, 5.41) is 0. The molecule has 0 unspecified atom stereocenters. The molecule has 17 heavy (non-hydrogen) atoms. The zero-order valence-electron chi connectivity index (χ0n) is 10.4. The van der Waals surface area contributed by atoms with Crippen molar-refractivity contribution < 1.29 is 9.47 Å². The van der Waals surface area contributed by atoms with Crippen molar-refractivity contribution in [3.63, 3.8) is 0 Å². The molecular formula is C15H18O2. The van der Waals surface area contributed by atoms with Gasteiger partial charge in [0, 0.05) is 0 Å². The van der Waals surface area contributed by atoms with Crippen LogP contribution in [0.1, 0.15) is 18.9 Å². The molecule has 0 aliphatic heterocycles. The highest BCUT2D eigenvalue weighted by molar-refractivity contribution is 5.26. The molecule has 0 fully saturated rings. The maximum atomic E-state index is 5.53. The van der Waals surface area contributed by atoms with Crippen LogP contribution in [0.25, 0.3) is 0 Å². The van der Waals surface area contributed by atoms with Gasteiger partial charge in [0.1, 0.15) is 5.75 Å². The maximum Gasteiger partial charge on any atom is 0.118 e. The van der Waals surface area contributed by atoms with Crippen LogP contribution in [0, 0.1) is 12.3 Å². The third-order valence-corrected chi connectivity index (χ3v) is 2.37. The van der Waals surface area contributed by atoms with Crippen LogP contribution in [0.5, 0.6) is 5.75 Å². The summed E-state index contributed by atoms with van der Waals surface area (Å²) in [7, 11) is 1.66. The van der Waals surface area contributed by atoms with Gasteiger partial charge in [0.15, 0.2) is 0 Å². The van der Waals surface area contributed by atoms with Gasteiger partial charge in [-0.2, -0.15) is 0 Å². The first-order chi connectivity index (χ1) is 8.26. The van der Waals surface area contributed by atoms with Crippen molar-refractivity contribution in [2.75, 3.05) is 13.7 Å². The average Bonchev–Trinajstić information content (AvgIpc) is 2.38. The van der Waals surface area contributed by atoms with Crippen LogP contribution >= 0.6 is 0 Å². The van der Waals surface area contributed by atoms with E-state index in [9.17, 15) is 0 Å². The monoisotopic (exact) mass is 230 g/mol. The van der Waals surface area contributed by atoms with E-state index in [0.29, 0.717) is 13.2 Å². The highest BCUT2D eigenvalue weighted by atomic mass is 16.5. The Morgan fingerprint density at radius 1 is 1.35 bits per heavy atom. The van der Waals surface area contributed by atoms with Crippen LogP contribution in [0.4, 0.5) is 0 Å². The highest BCUT2D eigenvalue weighted by Crippen LogP contribution is 2.11. The lowest BCUT2D eigenvalue weighted by molar-refractivity contribution is 0.125. The van der Waals surface area contributed by atoms with Gasteiger partial charge in [0.05, 0.1) is 20.3 Å². The van der Waals surface area contributed by atoms with Crippen molar-refractivity contribution in [1.29, 1.82) is 0 Å². The molecule has 0 N–H and O–H groups in total. The lowest BCUT2D eigenvalue weighted by atomic mass is 10.2. The van der Waals surface area contributed by atoms with E-state index >= 15 is 0 Å². The van der Waals surface area contributed by atoms with Gasteiger partial charge in [-0.25, -0.2) is 0 Å². The number of hydrogen-bond acceptors (Lipinski definition) is 2. The van der Waals surface area contributed by atoms with Crippen molar-refractivity contribution >= 4 is 0 Å². The fourth-order valence-corrected chi connectivity index (χ4v) is 1.33. The molecule has 1 aromatic rings. The first-order valence-electron chi connectivity index (χ1n) is 5.60. The summed E-state index contributed by atoms with van der Waals surface area (Å²) in [6.45, 7) is 3.22. The van der Waals surface area contributed by atoms with Gasteiger partial charge in [-0.05, 0) is 36.6 Å². The maximum absolute atomic E-state index is 5.53. The van der Waals surface area contributed by atoms with E-state index in [1.807, 2.05) is 37.3 Å². The van der Waals surface area contributed by atoms with Crippen LogP contribution in [-0.4, -0.2) is 13.7 Å². The summed E-state index contributed by atoms with van der Waals surface area (Å²) in [6.07, 6.45) is 8.10. The molecule has 2 heteroatoms. The van der Waals surface area contributed by atoms with Gasteiger partial charge in [-0.15, -0.1) is 6.42 Å². The van der Waals surface area contributed by atoms with Gasteiger partial charge < -0.3 is 9.47 Å². The van der Waals surface area contributed by atoms with E-state index in [1.165, 1.54) is 0 Å². The average molecular weight is 230 g/mol. The minimum Gasteiger partial charge on any atom is -0.497 e. The minimum absolute atomic E-state index is 0.618. The molecule has 0 atom stereocenters. The van der Waals surface area contributed by atoms with Crippen LogP contribution in [0.3, 0.4) is 0 Å².